The molecule has 1 fully saturated rings. The van der Waals surface area contributed by atoms with Crippen LogP contribution in [0, 0.1) is 0 Å². The van der Waals surface area contributed by atoms with Crippen molar-refractivity contribution in [2.24, 2.45) is 0 Å². The van der Waals surface area contributed by atoms with Crippen molar-refractivity contribution < 1.29 is 4.79 Å². The molecule has 3 heterocycles. The Kier molecular flexibility index (Phi) is 4.67. The minimum absolute atomic E-state index is 0.242. The molecule has 9 heteroatoms. The van der Waals surface area contributed by atoms with Gasteiger partial charge in [-0.2, -0.15) is 5.10 Å². The SMILES string of the molecule is O=C(Nc1ccn(-c2ccc(Cl)cc2Cl)n1)c1cn[nH]c1C1CCNC1. The van der Waals surface area contributed by atoms with Gasteiger partial charge in [0.1, 0.15) is 0 Å². The predicted octanol–water partition coefficient (Wildman–Crippen LogP) is 3.23. The van der Waals surface area contributed by atoms with E-state index in [0.717, 1.165) is 25.2 Å². The summed E-state index contributed by atoms with van der Waals surface area (Å²) in [6, 6.07) is 6.85. The van der Waals surface area contributed by atoms with E-state index >= 15 is 0 Å². The largest absolute Gasteiger partial charge is 0.316 e. The molecular formula is C17H16Cl2N6O. The number of benzene rings is 1. The fraction of sp³-hybridized carbons (Fsp3) is 0.235. The molecule has 4 rings (SSSR count). The van der Waals surface area contributed by atoms with Gasteiger partial charge in [0, 0.05) is 29.7 Å². The number of nitrogens with zero attached hydrogens (tertiary/aromatic N) is 3. The van der Waals surface area contributed by atoms with Crippen LogP contribution >= 0.6 is 23.2 Å². The van der Waals surface area contributed by atoms with Crippen molar-refractivity contribution in [2.45, 2.75) is 12.3 Å². The second kappa shape index (κ2) is 7.11. The molecule has 1 aliphatic heterocycles. The third-order valence-corrected chi connectivity index (χ3v) is 4.91. The van der Waals surface area contributed by atoms with Crippen molar-refractivity contribution >= 4 is 34.9 Å². The predicted molar refractivity (Wildman–Crippen MR) is 100 cm³/mol. The van der Waals surface area contributed by atoms with Gasteiger partial charge in [-0.25, -0.2) is 4.68 Å². The van der Waals surface area contributed by atoms with E-state index in [4.69, 9.17) is 23.2 Å². The lowest BCUT2D eigenvalue weighted by Gasteiger charge is -2.08. The number of aromatic amines is 1. The van der Waals surface area contributed by atoms with Gasteiger partial charge in [-0.15, -0.1) is 5.10 Å². The van der Waals surface area contributed by atoms with Gasteiger partial charge >= 0.3 is 0 Å². The number of anilines is 1. The zero-order valence-corrected chi connectivity index (χ0v) is 15.2. The van der Waals surface area contributed by atoms with Crippen LogP contribution in [0.3, 0.4) is 0 Å². The van der Waals surface area contributed by atoms with E-state index in [9.17, 15) is 4.79 Å². The third-order valence-electron chi connectivity index (χ3n) is 4.37. The summed E-state index contributed by atoms with van der Waals surface area (Å²) in [6.45, 7) is 1.78. The molecule has 0 radical (unpaired) electrons. The lowest BCUT2D eigenvalue weighted by Crippen LogP contribution is -2.16. The number of rotatable bonds is 4. The maximum absolute atomic E-state index is 12.6. The van der Waals surface area contributed by atoms with Crippen molar-refractivity contribution in [3.63, 3.8) is 0 Å². The maximum atomic E-state index is 12.6. The molecule has 1 aliphatic rings. The van der Waals surface area contributed by atoms with Gasteiger partial charge in [-0.3, -0.25) is 9.89 Å². The second-order valence-electron chi connectivity index (χ2n) is 6.08. The first kappa shape index (κ1) is 17.1. The first-order chi connectivity index (χ1) is 12.6. The molecule has 0 bridgehead atoms. The number of halogens is 2. The molecule has 2 aromatic heterocycles. The highest BCUT2D eigenvalue weighted by molar-refractivity contribution is 6.35. The lowest BCUT2D eigenvalue weighted by atomic mass is 10.0. The van der Waals surface area contributed by atoms with Gasteiger partial charge in [0.05, 0.1) is 28.2 Å². The number of carbonyl (C=O) groups excluding carboxylic acids is 1. The van der Waals surface area contributed by atoms with Gasteiger partial charge in [0.2, 0.25) is 0 Å². The van der Waals surface area contributed by atoms with Crippen LogP contribution in [0.15, 0.2) is 36.7 Å². The fourth-order valence-corrected chi connectivity index (χ4v) is 3.56. The fourth-order valence-electron chi connectivity index (χ4n) is 3.06. The molecule has 3 N–H and O–H groups in total. The number of hydrogen-bond donors (Lipinski definition) is 3. The molecule has 1 amide bonds. The summed E-state index contributed by atoms with van der Waals surface area (Å²) in [5.74, 6) is 0.453. The Labute approximate surface area is 159 Å². The summed E-state index contributed by atoms with van der Waals surface area (Å²) in [4.78, 5) is 12.6. The van der Waals surface area contributed by atoms with Crippen LogP contribution < -0.4 is 10.6 Å². The molecule has 0 aliphatic carbocycles. The van der Waals surface area contributed by atoms with E-state index in [0.29, 0.717) is 27.1 Å². The van der Waals surface area contributed by atoms with Gasteiger partial charge in [0.15, 0.2) is 5.82 Å². The van der Waals surface area contributed by atoms with Crippen molar-refractivity contribution in [3.8, 4) is 5.69 Å². The molecule has 0 spiro atoms. The van der Waals surface area contributed by atoms with E-state index in [-0.39, 0.29) is 11.8 Å². The zero-order valence-electron chi connectivity index (χ0n) is 13.7. The van der Waals surface area contributed by atoms with E-state index in [2.05, 4.69) is 25.9 Å². The van der Waals surface area contributed by atoms with Crippen LogP contribution in [-0.2, 0) is 0 Å². The first-order valence-corrected chi connectivity index (χ1v) is 8.94. The summed E-state index contributed by atoms with van der Waals surface area (Å²) in [7, 11) is 0. The quantitative estimate of drug-likeness (QED) is 0.637. The Balaban J connectivity index is 1.53. The summed E-state index contributed by atoms with van der Waals surface area (Å²) in [5, 5.41) is 18.5. The van der Waals surface area contributed by atoms with E-state index < -0.39 is 0 Å². The molecule has 134 valence electrons. The Morgan fingerprint density at radius 2 is 2.19 bits per heavy atom. The molecule has 1 atom stereocenters. The molecule has 1 unspecified atom stereocenters. The van der Waals surface area contributed by atoms with Gasteiger partial charge in [-0.1, -0.05) is 23.2 Å². The average Bonchev–Trinajstić information content (AvgIpc) is 3.36. The number of nitrogens with one attached hydrogen (secondary N) is 3. The first-order valence-electron chi connectivity index (χ1n) is 8.18. The Bertz CT molecular complexity index is 944. The minimum atomic E-state index is -0.242. The number of H-pyrrole nitrogens is 1. The van der Waals surface area contributed by atoms with E-state index in [1.54, 1.807) is 41.3 Å². The summed E-state index contributed by atoms with van der Waals surface area (Å²) < 4.78 is 1.59. The van der Waals surface area contributed by atoms with Crippen LogP contribution in [0.2, 0.25) is 10.0 Å². The van der Waals surface area contributed by atoms with Gasteiger partial charge in [-0.05, 0) is 31.2 Å². The number of hydrogen-bond acceptors (Lipinski definition) is 4. The van der Waals surface area contributed by atoms with Crippen LogP contribution in [-0.4, -0.2) is 39.0 Å². The van der Waals surface area contributed by atoms with Crippen molar-refractivity contribution in [3.05, 3.63) is 58.0 Å². The third kappa shape index (κ3) is 3.33. The lowest BCUT2D eigenvalue weighted by molar-refractivity contribution is 0.102. The van der Waals surface area contributed by atoms with Crippen LogP contribution in [0.5, 0.6) is 0 Å². The topological polar surface area (TPSA) is 87.6 Å². The van der Waals surface area contributed by atoms with Crippen LogP contribution in [0.1, 0.15) is 28.4 Å². The Morgan fingerprint density at radius 1 is 1.31 bits per heavy atom. The summed E-state index contributed by atoms with van der Waals surface area (Å²) in [6.07, 6.45) is 4.25. The van der Waals surface area contributed by atoms with Gasteiger partial charge < -0.3 is 10.6 Å². The number of amides is 1. The summed E-state index contributed by atoms with van der Waals surface area (Å²) in [5.41, 5.74) is 2.07. The maximum Gasteiger partial charge on any atom is 0.260 e. The van der Waals surface area contributed by atoms with E-state index in [1.807, 2.05) is 0 Å². The minimum Gasteiger partial charge on any atom is -0.316 e. The molecule has 1 saturated heterocycles. The van der Waals surface area contributed by atoms with Crippen molar-refractivity contribution in [1.29, 1.82) is 0 Å². The molecule has 0 saturated carbocycles. The van der Waals surface area contributed by atoms with E-state index in [1.165, 1.54) is 0 Å². The van der Waals surface area contributed by atoms with Crippen LogP contribution in [0.25, 0.3) is 5.69 Å². The standard InChI is InChI=1S/C17H16Cl2N6O/c18-11-1-2-14(13(19)7-11)25-6-4-15(24-25)22-17(26)12-9-21-23-16(12)10-3-5-20-8-10/h1-2,4,6-7,9-10,20H,3,5,8H2,(H,21,23)(H,22,24,26). The van der Waals surface area contributed by atoms with Crippen LogP contribution in [0.4, 0.5) is 5.82 Å². The molecule has 1 aromatic carbocycles. The summed E-state index contributed by atoms with van der Waals surface area (Å²) >= 11 is 12.1. The molecule has 7 nitrogen and oxygen atoms in total. The zero-order chi connectivity index (χ0) is 18.1. The monoisotopic (exact) mass is 390 g/mol. The number of aromatic nitrogens is 4. The highest BCUT2D eigenvalue weighted by Gasteiger charge is 2.24. The highest BCUT2D eigenvalue weighted by Crippen LogP contribution is 2.26. The van der Waals surface area contributed by atoms with Gasteiger partial charge in [0.25, 0.3) is 5.91 Å². The normalized spacial score (nSPS) is 16.8. The molecule has 26 heavy (non-hydrogen) atoms. The van der Waals surface area contributed by atoms with Crippen molar-refractivity contribution in [1.82, 2.24) is 25.3 Å². The Morgan fingerprint density at radius 3 is 2.96 bits per heavy atom. The second-order valence-corrected chi connectivity index (χ2v) is 6.93. The molecular weight excluding hydrogens is 375 g/mol. The highest BCUT2D eigenvalue weighted by atomic mass is 35.5. The Hall–Kier alpha value is -2.35. The smallest absolute Gasteiger partial charge is 0.260 e. The average molecular weight is 391 g/mol. The molecule has 3 aromatic rings. The number of carbonyl (C=O) groups is 1. The van der Waals surface area contributed by atoms with Crippen molar-refractivity contribution in [2.75, 3.05) is 18.4 Å².